The smallest absolute Gasteiger partial charge is 0.323 e. The maximum Gasteiger partial charge on any atom is 0.323 e. The number of rotatable bonds is 8. The number of ether oxygens (including phenoxy) is 3. The molecule has 0 saturated carbocycles. The van der Waals surface area contributed by atoms with Crippen LogP contribution in [0.4, 0.5) is 9.93 Å². The van der Waals surface area contributed by atoms with E-state index in [1.54, 1.807) is 43.7 Å². The Hall–Kier alpha value is -3.01. The molecular weight excluding hydrogens is 384 g/mol. The van der Waals surface area contributed by atoms with Gasteiger partial charge in [-0.05, 0) is 6.07 Å². The molecule has 10 heteroatoms. The Balaban J connectivity index is 1.61. The lowest BCUT2D eigenvalue weighted by Crippen LogP contribution is -2.28. The van der Waals surface area contributed by atoms with Gasteiger partial charge in [0.1, 0.15) is 5.75 Å². The van der Waals surface area contributed by atoms with Crippen molar-refractivity contribution in [3.05, 3.63) is 28.8 Å². The normalized spacial score (nSPS) is 13.2. The van der Waals surface area contributed by atoms with E-state index in [0.29, 0.717) is 41.2 Å². The molecule has 28 heavy (non-hydrogen) atoms. The number of nitrogens with one attached hydrogen (secondary N) is 2. The molecule has 0 unspecified atom stereocenters. The van der Waals surface area contributed by atoms with Crippen molar-refractivity contribution in [3.8, 4) is 17.2 Å². The summed E-state index contributed by atoms with van der Waals surface area (Å²) in [7, 11) is 4.65. The van der Waals surface area contributed by atoms with E-state index in [-0.39, 0.29) is 24.9 Å². The summed E-state index contributed by atoms with van der Waals surface area (Å²) in [4.78, 5) is 30.0. The number of urea groups is 1. The molecule has 1 fully saturated rings. The fourth-order valence-corrected chi connectivity index (χ4v) is 3.66. The molecule has 2 N–H and O–H groups in total. The topological polar surface area (TPSA) is 102 Å². The first-order valence-corrected chi connectivity index (χ1v) is 9.49. The standard InChI is InChI=1S/C18H22N4O5S/c1-25-13-8-15(27-3)14(26-2)6-11(13)9-20-16(23)7-12-10-28-18(21-12)22-5-4-19-17(22)24/h6,8,10H,4-5,7,9H2,1-3H3,(H,19,24)(H,20,23). The Morgan fingerprint density at radius 1 is 1.21 bits per heavy atom. The summed E-state index contributed by atoms with van der Waals surface area (Å²) in [5, 5.41) is 7.97. The van der Waals surface area contributed by atoms with Crippen LogP contribution in [0.3, 0.4) is 0 Å². The molecule has 1 aromatic carbocycles. The zero-order chi connectivity index (χ0) is 20.1. The number of hydrogen-bond acceptors (Lipinski definition) is 7. The third-order valence-corrected chi connectivity index (χ3v) is 5.14. The second-order valence-electron chi connectivity index (χ2n) is 5.98. The predicted octanol–water partition coefficient (Wildman–Crippen LogP) is 1.56. The van der Waals surface area contributed by atoms with Crippen molar-refractivity contribution in [2.45, 2.75) is 13.0 Å². The van der Waals surface area contributed by atoms with Crippen LogP contribution >= 0.6 is 11.3 Å². The van der Waals surface area contributed by atoms with E-state index < -0.39 is 0 Å². The van der Waals surface area contributed by atoms with Crippen LogP contribution in [0, 0.1) is 0 Å². The van der Waals surface area contributed by atoms with E-state index in [1.165, 1.54) is 11.3 Å². The minimum atomic E-state index is -0.181. The van der Waals surface area contributed by atoms with Gasteiger partial charge in [0.25, 0.3) is 0 Å². The van der Waals surface area contributed by atoms with E-state index in [2.05, 4.69) is 15.6 Å². The molecule has 150 valence electrons. The molecule has 0 spiro atoms. The van der Waals surface area contributed by atoms with Crippen LogP contribution in [0.5, 0.6) is 17.2 Å². The lowest BCUT2D eigenvalue weighted by atomic mass is 10.1. The van der Waals surface area contributed by atoms with E-state index in [9.17, 15) is 9.59 Å². The molecule has 3 rings (SSSR count). The molecule has 2 heterocycles. The Kier molecular flexibility index (Phi) is 6.19. The summed E-state index contributed by atoms with van der Waals surface area (Å²) in [6, 6.07) is 3.32. The number of methoxy groups -OCH3 is 3. The lowest BCUT2D eigenvalue weighted by Gasteiger charge is -2.14. The Morgan fingerprint density at radius 3 is 2.57 bits per heavy atom. The van der Waals surface area contributed by atoms with Gasteiger partial charge in [-0.25, -0.2) is 9.78 Å². The highest BCUT2D eigenvalue weighted by atomic mass is 32.1. The van der Waals surface area contributed by atoms with Crippen molar-refractivity contribution >= 4 is 28.4 Å². The van der Waals surface area contributed by atoms with Gasteiger partial charge in [-0.1, -0.05) is 0 Å². The molecule has 9 nitrogen and oxygen atoms in total. The van der Waals surface area contributed by atoms with Gasteiger partial charge in [0.2, 0.25) is 5.91 Å². The average molecular weight is 406 g/mol. The Morgan fingerprint density at radius 2 is 1.93 bits per heavy atom. The lowest BCUT2D eigenvalue weighted by molar-refractivity contribution is -0.120. The molecule has 3 amide bonds. The minimum absolute atomic E-state index is 0.127. The summed E-state index contributed by atoms with van der Waals surface area (Å²) in [6.45, 7) is 1.45. The van der Waals surface area contributed by atoms with Crippen LogP contribution < -0.4 is 29.7 Å². The molecule has 0 atom stereocenters. The summed E-state index contributed by atoms with van der Waals surface area (Å²) < 4.78 is 15.9. The zero-order valence-electron chi connectivity index (χ0n) is 15.9. The van der Waals surface area contributed by atoms with Crippen molar-refractivity contribution in [1.29, 1.82) is 0 Å². The van der Waals surface area contributed by atoms with Gasteiger partial charge < -0.3 is 24.8 Å². The number of thiazole rings is 1. The van der Waals surface area contributed by atoms with Crippen molar-refractivity contribution in [2.75, 3.05) is 39.3 Å². The zero-order valence-corrected chi connectivity index (χ0v) is 16.7. The second kappa shape index (κ2) is 8.79. The molecule has 1 aliphatic heterocycles. The van der Waals surface area contributed by atoms with E-state index in [0.717, 1.165) is 5.56 Å². The van der Waals surface area contributed by atoms with E-state index in [1.807, 2.05) is 0 Å². The fourth-order valence-electron chi connectivity index (χ4n) is 2.81. The van der Waals surface area contributed by atoms with Gasteiger partial charge in [-0.3, -0.25) is 9.69 Å². The van der Waals surface area contributed by atoms with Gasteiger partial charge >= 0.3 is 6.03 Å². The quantitative estimate of drug-likeness (QED) is 0.690. The number of nitrogens with zero attached hydrogens (tertiary/aromatic N) is 2. The molecule has 1 aromatic heterocycles. The number of benzene rings is 1. The molecule has 1 aliphatic rings. The molecule has 0 bridgehead atoms. The van der Waals surface area contributed by atoms with Gasteiger partial charge in [0.05, 0.1) is 33.4 Å². The van der Waals surface area contributed by atoms with E-state index in [4.69, 9.17) is 14.2 Å². The summed E-state index contributed by atoms with van der Waals surface area (Å²) in [5.74, 6) is 1.52. The van der Waals surface area contributed by atoms with Gasteiger partial charge in [-0.2, -0.15) is 0 Å². The average Bonchev–Trinajstić information content (AvgIpc) is 3.34. The minimum Gasteiger partial charge on any atom is -0.496 e. The maximum absolute atomic E-state index is 12.3. The van der Waals surface area contributed by atoms with Crippen LogP contribution in [0.2, 0.25) is 0 Å². The van der Waals surface area contributed by atoms with Crippen LogP contribution in [0.25, 0.3) is 0 Å². The number of hydrogen-bond donors (Lipinski definition) is 2. The van der Waals surface area contributed by atoms with Crippen LogP contribution in [-0.4, -0.2) is 51.3 Å². The SMILES string of the molecule is COc1cc(OC)c(OC)cc1CNC(=O)Cc1csc(N2CCNC2=O)n1. The third-order valence-electron chi connectivity index (χ3n) is 4.23. The second-order valence-corrected chi connectivity index (χ2v) is 6.81. The van der Waals surface area contributed by atoms with Crippen molar-refractivity contribution in [3.63, 3.8) is 0 Å². The molecule has 2 aromatic rings. The van der Waals surface area contributed by atoms with Crippen molar-refractivity contribution in [1.82, 2.24) is 15.6 Å². The molecule has 0 aliphatic carbocycles. The first kappa shape index (κ1) is 19.7. The molecular formula is C18H22N4O5S. The number of aromatic nitrogens is 1. The first-order chi connectivity index (χ1) is 13.5. The fraction of sp³-hybridized carbons (Fsp3) is 0.389. The van der Waals surface area contributed by atoms with Crippen LogP contribution in [0.1, 0.15) is 11.3 Å². The number of carbonyl (C=O) groups is 2. The van der Waals surface area contributed by atoms with Crippen molar-refractivity contribution in [2.24, 2.45) is 0 Å². The molecule has 1 saturated heterocycles. The highest BCUT2D eigenvalue weighted by molar-refractivity contribution is 7.14. The van der Waals surface area contributed by atoms with Gasteiger partial charge in [0.15, 0.2) is 16.6 Å². The van der Waals surface area contributed by atoms with Gasteiger partial charge in [0, 0.05) is 36.6 Å². The van der Waals surface area contributed by atoms with Gasteiger partial charge in [-0.15, -0.1) is 11.3 Å². The summed E-state index contributed by atoms with van der Waals surface area (Å²) in [5.41, 5.74) is 1.39. The number of anilines is 1. The third kappa shape index (κ3) is 4.28. The maximum atomic E-state index is 12.3. The highest BCUT2D eigenvalue weighted by Gasteiger charge is 2.24. The predicted molar refractivity (Wildman–Crippen MR) is 105 cm³/mol. The highest BCUT2D eigenvalue weighted by Crippen LogP contribution is 2.34. The summed E-state index contributed by atoms with van der Waals surface area (Å²) >= 11 is 1.35. The monoisotopic (exact) mass is 406 g/mol. The number of carbonyl (C=O) groups excluding carboxylic acids is 2. The molecule has 0 radical (unpaired) electrons. The van der Waals surface area contributed by atoms with Crippen LogP contribution in [-0.2, 0) is 17.8 Å². The summed E-state index contributed by atoms with van der Waals surface area (Å²) in [6.07, 6.45) is 0.127. The first-order valence-electron chi connectivity index (χ1n) is 8.61. The number of amides is 3. The van der Waals surface area contributed by atoms with Crippen molar-refractivity contribution < 1.29 is 23.8 Å². The Labute approximate surface area is 166 Å². The van der Waals surface area contributed by atoms with Crippen LogP contribution in [0.15, 0.2) is 17.5 Å². The largest absolute Gasteiger partial charge is 0.496 e. The van der Waals surface area contributed by atoms with E-state index >= 15 is 0 Å². The Bertz CT molecular complexity index is 870.